The van der Waals surface area contributed by atoms with Crippen LogP contribution in [0, 0.1) is 13.8 Å². The van der Waals surface area contributed by atoms with E-state index < -0.39 is 0 Å². The second-order valence-electron chi connectivity index (χ2n) is 8.48. The van der Waals surface area contributed by atoms with E-state index in [0.717, 1.165) is 71.8 Å². The minimum absolute atomic E-state index is 0. The molecule has 0 amide bonds. The zero-order chi connectivity index (χ0) is 25.9. The Bertz CT molecular complexity index is 1160. The molecule has 0 fully saturated rings. The van der Waals surface area contributed by atoms with Gasteiger partial charge in [0.15, 0.2) is 0 Å². The largest absolute Gasteiger partial charge is 1.00 e. The van der Waals surface area contributed by atoms with Crippen molar-refractivity contribution in [3.63, 3.8) is 0 Å². The van der Waals surface area contributed by atoms with Gasteiger partial charge in [-0.15, -0.1) is 13.1 Å². The first-order valence-electron chi connectivity index (χ1n) is 12.4. The number of phenols is 1. The molecule has 0 unspecified atom stereocenters. The summed E-state index contributed by atoms with van der Waals surface area (Å²) in [5.74, 6) is 1.15. The molecule has 2 aromatic carbocycles. The van der Waals surface area contributed by atoms with Crippen LogP contribution in [-0.2, 0) is 17.8 Å². The quantitative estimate of drug-likeness (QED) is 0.200. The Morgan fingerprint density at radius 2 is 1.95 bits per heavy atom. The van der Waals surface area contributed by atoms with Crippen molar-refractivity contribution < 1.29 is 33.5 Å². The van der Waals surface area contributed by atoms with Crippen LogP contribution in [-0.4, -0.2) is 47.6 Å². The molecular formula is C29H35LiN4O3-2. The molecule has 4 rings (SSSR count). The molecule has 1 aliphatic heterocycles. The zero-order valence-electron chi connectivity index (χ0n) is 22.1. The monoisotopic (exact) mass is 494 g/mol. The maximum atomic E-state index is 10.3. The fraction of sp³-hybridized carbons (Fsp3) is 0.345. The van der Waals surface area contributed by atoms with Gasteiger partial charge in [-0.2, -0.15) is 9.97 Å². The summed E-state index contributed by atoms with van der Waals surface area (Å²) >= 11 is 0. The number of hydrogen-bond donors (Lipinski definition) is 1. The Morgan fingerprint density at radius 3 is 2.62 bits per heavy atom. The van der Waals surface area contributed by atoms with Crippen LogP contribution in [0.4, 0.5) is 11.5 Å². The number of phenolic OH excluding ortho intramolecular Hbond substituents is 1. The van der Waals surface area contributed by atoms with E-state index in [9.17, 15) is 5.11 Å². The number of aromatic hydroxyl groups is 1. The van der Waals surface area contributed by atoms with Crippen LogP contribution in [0.15, 0.2) is 49.1 Å². The van der Waals surface area contributed by atoms with E-state index in [1.165, 1.54) is 6.29 Å². The molecular weight excluding hydrogens is 459 g/mol. The van der Waals surface area contributed by atoms with Gasteiger partial charge in [-0.1, -0.05) is 44.0 Å². The summed E-state index contributed by atoms with van der Waals surface area (Å²) < 4.78 is 5.94. The minimum atomic E-state index is 0. The Kier molecular flexibility index (Phi) is 12.5. The van der Waals surface area contributed by atoms with Crippen molar-refractivity contribution in [3.8, 4) is 11.8 Å². The first-order chi connectivity index (χ1) is 17.6. The fourth-order valence-electron chi connectivity index (χ4n) is 4.30. The predicted octanol–water partition coefficient (Wildman–Crippen LogP) is 2.23. The number of allylic oxidation sites excluding steroid dienone is 1. The number of hydrogen-bond acceptors (Lipinski definition) is 7. The van der Waals surface area contributed by atoms with E-state index in [0.29, 0.717) is 32.3 Å². The maximum Gasteiger partial charge on any atom is 1.00 e. The third-order valence-corrected chi connectivity index (χ3v) is 6.09. The summed E-state index contributed by atoms with van der Waals surface area (Å²) in [6.45, 7) is 16.6. The molecule has 8 heteroatoms. The van der Waals surface area contributed by atoms with E-state index in [1.807, 2.05) is 24.3 Å². The van der Waals surface area contributed by atoms with Crippen molar-refractivity contribution in [1.82, 2.24) is 9.97 Å². The molecule has 0 spiro atoms. The number of carbonyl (C=O) groups excluding carboxylic acids is 1. The van der Waals surface area contributed by atoms with Gasteiger partial charge >= 0.3 is 24.9 Å². The molecule has 37 heavy (non-hydrogen) atoms. The van der Waals surface area contributed by atoms with E-state index in [2.05, 4.69) is 43.2 Å². The summed E-state index contributed by atoms with van der Waals surface area (Å²) in [6.07, 6.45) is 6.58. The van der Waals surface area contributed by atoms with Gasteiger partial charge in [0.25, 0.3) is 0 Å². The summed E-state index contributed by atoms with van der Waals surface area (Å²) in [7, 11) is 0. The van der Waals surface area contributed by atoms with E-state index in [4.69, 9.17) is 19.5 Å². The summed E-state index contributed by atoms with van der Waals surface area (Å²) in [5.41, 5.74) is 3.12. The SMILES string of the molecule is C=C[C-]=O.[CH2-]CN(C[CH2-])c1nc(OCCCCC)nc2c1CCN(c1cc(O)cc3ccccc13)C2.[Li+]. The summed E-state index contributed by atoms with van der Waals surface area (Å²) in [5, 5.41) is 12.5. The van der Waals surface area contributed by atoms with Gasteiger partial charge in [0.1, 0.15) is 11.6 Å². The van der Waals surface area contributed by atoms with Gasteiger partial charge in [0.05, 0.1) is 18.8 Å². The van der Waals surface area contributed by atoms with E-state index >= 15 is 0 Å². The van der Waals surface area contributed by atoms with Crippen LogP contribution in [0.25, 0.3) is 10.8 Å². The smallest absolute Gasteiger partial charge is 0.508 e. The molecule has 1 aromatic heterocycles. The van der Waals surface area contributed by atoms with Gasteiger partial charge in [-0.05, 0) is 30.6 Å². The van der Waals surface area contributed by atoms with Crippen molar-refractivity contribution in [2.75, 3.05) is 36.0 Å². The number of rotatable bonds is 10. The Morgan fingerprint density at radius 1 is 1.22 bits per heavy atom. The average molecular weight is 495 g/mol. The molecule has 7 nitrogen and oxygen atoms in total. The van der Waals surface area contributed by atoms with Crippen LogP contribution < -0.4 is 33.4 Å². The second kappa shape index (κ2) is 15.3. The maximum absolute atomic E-state index is 10.3. The number of benzene rings is 2. The number of nitrogens with zero attached hydrogens (tertiary/aromatic N) is 4. The van der Waals surface area contributed by atoms with Gasteiger partial charge in [-0.25, -0.2) is 12.7 Å². The molecule has 0 saturated carbocycles. The molecule has 2 heterocycles. The number of aromatic nitrogens is 2. The van der Waals surface area contributed by atoms with Crippen LogP contribution in [0.2, 0.25) is 0 Å². The Hall–Kier alpha value is -3.01. The number of ether oxygens (including phenoxy) is 1. The zero-order valence-corrected chi connectivity index (χ0v) is 22.1. The first kappa shape index (κ1) is 30.2. The molecule has 0 saturated heterocycles. The van der Waals surface area contributed by atoms with Crippen LogP contribution >= 0.6 is 0 Å². The fourth-order valence-corrected chi connectivity index (χ4v) is 4.30. The van der Waals surface area contributed by atoms with Crippen LogP contribution in [0.1, 0.15) is 37.4 Å². The molecule has 1 aliphatic rings. The van der Waals surface area contributed by atoms with Crippen LogP contribution in [0.3, 0.4) is 0 Å². The van der Waals surface area contributed by atoms with Crippen molar-refractivity contribution in [2.24, 2.45) is 0 Å². The molecule has 1 N–H and O–H groups in total. The average Bonchev–Trinajstić information content (AvgIpc) is 2.91. The van der Waals surface area contributed by atoms with Gasteiger partial charge in [0.2, 0.25) is 0 Å². The minimum Gasteiger partial charge on any atom is -0.508 e. The van der Waals surface area contributed by atoms with Crippen molar-refractivity contribution in [2.45, 2.75) is 39.2 Å². The standard InChI is InChI=1S/C26H32N4O2.C3H3O.Li/c1-4-7-10-15-32-26-27-23-18-30(14-13-22(23)25(28-26)29(5-2)6-3)24-17-20(31)16-19-11-8-9-12-21(19)24;1-2-3-4;/h8-9,11-12,16-17,31H,2-7,10,13-15,18H2,1H3;2H,1H2;/q-2;-1;+1. The number of anilines is 2. The van der Waals surface area contributed by atoms with E-state index in [-0.39, 0.29) is 24.6 Å². The number of fused-ring (bicyclic) bond motifs is 2. The predicted molar refractivity (Wildman–Crippen MR) is 146 cm³/mol. The molecule has 0 radical (unpaired) electrons. The Labute approximate surface area is 232 Å². The van der Waals surface area contributed by atoms with Crippen molar-refractivity contribution in [3.05, 3.63) is 74.2 Å². The molecule has 0 aliphatic carbocycles. The molecule has 0 bridgehead atoms. The topological polar surface area (TPSA) is 78.8 Å². The third kappa shape index (κ3) is 7.74. The van der Waals surface area contributed by atoms with Crippen molar-refractivity contribution >= 4 is 28.6 Å². The van der Waals surface area contributed by atoms with Gasteiger partial charge in [-0.3, -0.25) is 0 Å². The van der Waals surface area contributed by atoms with E-state index in [1.54, 1.807) is 6.07 Å². The van der Waals surface area contributed by atoms with Gasteiger partial charge in [0, 0.05) is 29.2 Å². The summed E-state index contributed by atoms with van der Waals surface area (Å²) in [4.78, 5) is 22.8. The van der Waals surface area contributed by atoms with Gasteiger partial charge < -0.3 is 38.3 Å². The second-order valence-corrected chi connectivity index (χ2v) is 8.48. The third-order valence-electron chi connectivity index (χ3n) is 6.09. The molecule has 192 valence electrons. The summed E-state index contributed by atoms with van der Waals surface area (Å²) in [6, 6.07) is 12.2. The Balaban J connectivity index is 0.000000898. The normalized spacial score (nSPS) is 12.0. The van der Waals surface area contributed by atoms with Crippen LogP contribution in [0.5, 0.6) is 11.8 Å². The first-order valence-corrected chi connectivity index (χ1v) is 12.4. The molecule has 3 aromatic rings. The number of unbranched alkanes of at least 4 members (excludes halogenated alkanes) is 2. The van der Waals surface area contributed by atoms with Crippen molar-refractivity contribution in [1.29, 1.82) is 0 Å². The molecule has 0 atom stereocenters.